The van der Waals surface area contributed by atoms with E-state index >= 15 is 0 Å². The van der Waals surface area contributed by atoms with Crippen molar-refractivity contribution in [2.75, 3.05) is 5.32 Å². The molecule has 0 saturated carbocycles. The van der Waals surface area contributed by atoms with Crippen LogP contribution < -0.4 is 10.7 Å². The molecule has 0 fully saturated rings. The van der Waals surface area contributed by atoms with Crippen LogP contribution in [0, 0.1) is 5.82 Å². The van der Waals surface area contributed by atoms with E-state index in [2.05, 4.69) is 37.8 Å². The van der Waals surface area contributed by atoms with Gasteiger partial charge in [-0.3, -0.25) is 9.59 Å². The fourth-order valence-electron chi connectivity index (χ4n) is 3.16. The molecule has 2 N–H and O–H groups in total. The third-order valence-electron chi connectivity index (χ3n) is 4.56. The van der Waals surface area contributed by atoms with Crippen LogP contribution in [-0.2, 0) is 9.59 Å². The van der Waals surface area contributed by atoms with Gasteiger partial charge in [0.25, 0.3) is 0 Å². The Hall–Kier alpha value is -3.58. The van der Waals surface area contributed by atoms with Gasteiger partial charge in [-0.1, -0.05) is 64.5 Å². The average molecular weight is 464 g/mol. The number of carbonyl (C=O) groups is 2. The molecule has 4 aromatic carbocycles. The SMILES string of the molecule is O=C(N/N=C/c1c2ccccc2cc2ccccc12)C(=O)Nc1ccc(Br)cc1F. The standard InChI is InChI=1S/C23H15BrFN3O2/c24-16-9-10-21(20(25)12-16)27-22(29)23(30)28-26-13-19-17-7-3-1-5-14(17)11-15-6-2-4-8-18(15)19/h1-13H,(H,27,29)(H,28,30)/b26-13+. The summed E-state index contributed by atoms with van der Waals surface area (Å²) in [6.45, 7) is 0. The largest absolute Gasteiger partial charge is 0.329 e. The van der Waals surface area contributed by atoms with Gasteiger partial charge < -0.3 is 5.32 Å². The van der Waals surface area contributed by atoms with Crippen molar-refractivity contribution in [3.8, 4) is 0 Å². The van der Waals surface area contributed by atoms with E-state index in [0.717, 1.165) is 27.1 Å². The van der Waals surface area contributed by atoms with Crippen LogP contribution in [0.15, 0.2) is 82.4 Å². The number of hydrogen-bond acceptors (Lipinski definition) is 3. The molecular weight excluding hydrogens is 449 g/mol. The van der Waals surface area contributed by atoms with Crippen LogP contribution in [0.3, 0.4) is 0 Å². The van der Waals surface area contributed by atoms with Crippen LogP contribution in [0.25, 0.3) is 21.5 Å². The van der Waals surface area contributed by atoms with Gasteiger partial charge in [0.1, 0.15) is 5.82 Å². The lowest BCUT2D eigenvalue weighted by molar-refractivity contribution is -0.136. The molecular formula is C23H15BrFN3O2. The highest BCUT2D eigenvalue weighted by atomic mass is 79.9. The predicted octanol–water partition coefficient (Wildman–Crippen LogP) is 4.98. The molecule has 4 rings (SSSR count). The second-order valence-corrected chi connectivity index (χ2v) is 7.43. The number of hydrogen-bond donors (Lipinski definition) is 2. The summed E-state index contributed by atoms with van der Waals surface area (Å²) in [5.41, 5.74) is 2.93. The first kappa shape index (κ1) is 19.7. The van der Waals surface area contributed by atoms with Gasteiger partial charge in [0.05, 0.1) is 11.9 Å². The number of amides is 2. The maximum absolute atomic E-state index is 13.8. The summed E-state index contributed by atoms with van der Waals surface area (Å²) in [7, 11) is 0. The van der Waals surface area contributed by atoms with Gasteiger partial charge in [0, 0.05) is 10.0 Å². The minimum absolute atomic E-state index is 0.0950. The third kappa shape index (κ3) is 4.06. The molecule has 0 saturated heterocycles. The van der Waals surface area contributed by atoms with Gasteiger partial charge in [0.2, 0.25) is 0 Å². The highest BCUT2D eigenvalue weighted by Crippen LogP contribution is 2.27. The molecule has 2 amide bonds. The van der Waals surface area contributed by atoms with Crippen LogP contribution in [-0.4, -0.2) is 18.0 Å². The molecule has 0 aliphatic carbocycles. The van der Waals surface area contributed by atoms with Gasteiger partial charge >= 0.3 is 11.8 Å². The zero-order chi connectivity index (χ0) is 21.1. The number of nitrogens with one attached hydrogen (secondary N) is 2. The van der Waals surface area contributed by atoms with Gasteiger partial charge in [-0.15, -0.1) is 0 Å². The molecule has 7 heteroatoms. The number of anilines is 1. The normalized spacial score (nSPS) is 11.1. The van der Waals surface area contributed by atoms with Crippen molar-refractivity contribution in [2.24, 2.45) is 5.10 Å². The van der Waals surface area contributed by atoms with E-state index in [1.165, 1.54) is 18.3 Å². The second-order valence-electron chi connectivity index (χ2n) is 6.51. The lowest BCUT2D eigenvalue weighted by atomic mass is 9.97. The highest BCUT2D eigenvalue weighted by molar-refractivity contribution is 9.10. The Morgan fingerprint density at radius 1 is 0.867 bits per heavy atom. The summed E-state index contributed by atoms with van der Waals surface area (Å²) in [6, 6.07) is 21.9. The van der Waals surface area contributed by atoms with Gasteiger partial charge in [-0.05, 0) is 45.8 Å². The van der Waals surface area contributed by atoms with Crippen molar-refractivity contribution in [1.82, 2.24) is 5.43 Å². The molecule has 0 unspecified atom stereocenters. The molecule has 30 heavy (non-hydrogen) atoms. The van der Waals surface area contributed by atoms with E-state index in [-0.39, 0.29) is 5.69 Å². The molecule has 0 aliphatic rings. The minimum Gasteiger partial charge on any atom is -0.315 e. The van der Waals surface area contributed by atoms with Crippen LogP contribution in [0.2, 0.25) is 0 Å². The zero-order valence-electron chi connectivity index (χ0n) is 15.5. The fraction of sp³-hybridized carbons (Fsp3) is 0. The smallest absolute Gasteiger partial charge is 0.315 e. The highest BCUT2D eigenvalue weighted by Gasteiger charge is 2.15. The number of benzene rings is 4. The number of hydrazone groups is 1. The molecule has 0 spiro atoms. The predicted molar refractivity (Wildman–Crippen MR) is 120 cm³/mol. The summed E-state index contributed by atoms with van der Waals surface area (Å²) in [6.07, 6.45) is 1.51. The Bertz CT molecular complexity index is 1270. The number of nitrogens with zero attached hydrogens (tertiary/aromatic N) is 1. The van der Waals surface area contributed by atoms with E-state index in [1.54, 1.807) is 6.07 Å². The zero-order valence-corrected chi connectivity index (χ0v) is 17.1. The fourth-order valence-corrected chi connectivity index (χ4v) is 3.50. The Morgan fingerprint density at radius 2 is 1.50 bits per heavy atom. The average Bonchev–Trinajstić information content (AvgIpc) is 2.75. The second kappa shape index (κ2) is 8.42. The first-order valence-corrected chi connectivity index (χ1v) is 9.82. The van der Waals surface area contributed by atoms with Gasteiger partial charge in [0.15, 0.2) is 0 Å². The van der Waals surface area contributed by atoms with Crippen LogP contribution in [0.4, 0.5) is 10.1 Å². The molecule has 0 bridgehead atoms. The molecule has 0 radical (unpaired) electrons. The quantitative estimate of drug-likeness (QED) is 0.194. The summed E-state index contributed by atoms with van der Waals surface area (Å²) < 4.78 is 14.4. The van der Waals surface area contributed by atoms with E-state index in [1.807, 2.05) is 48.5 Å². The molecule has 0 aliphatic heterocycles. The van der Waals surface area contributed by atoms with E-state index in [4.69, 9.17) is 0 Å². The number of carbonyl (C=O) groups excluding carboxylic acids is 2. The monoisotopic (exact) mass is 463 g/mol. The summed E-state index contributed by atoms with van der Waals surface area (Å²) in [4.78, 5) is 24.1. The van der Waals surface area contributed by atoms with E-state index in [9.17, 15) is 14.0 Å². The summed E-state index contributed by atoms with van der Waals surface area (Å²) in [5.74, 6) is -2.68. The van der Waals surface area contributed by atoms with Gasteiger partial charge in [-0.2, -0.15) is 5.10 Å². The third-order valence-corrected chi connectivity index (χ3v) is 5.05. The van der Waals surface area contributed by atoms with Crippen LogP contribution in [0.1, 0.15) is 5.56 Å². The minimum atomic E-state index is -1.02. The maximum atomic E-state index is 13.8. The Kier molecular flexibility index (Phi) is 5.54. The van der Waals surface area contributed by atoms with E-state index < -0.39 is 17.6 Å². The van der Waals surface area contributed by atoms with Crippen molar-refractivity contribution in [3.05, 3.63) is 88.6 Å². The molecule has 5 nitrogen and oxygen atoms in total. The van der Waals surface area contributed by atoms with Gasteiger partial charge in [-0.25, -0.2) is 9.82 Å². The molecule has 0 heterocycles. The first-order chi connectivity index (χ1) is 14.5. The Labute approximate surface area is 179 Å². The number of fused-ring (bicyclic) bond motifs is 2. The molecule has 148 valence electrons. The van der Waals surface area contributed by atoms with Crippen LogP contribution >= 0.6 is 15.9 Å². The number of halogens is 2. The lowest BCUT2D eigenvalue weighted by Gasteiger charge is -2.08. The number of rotatable bonds is 3. The Balaban J connectivity index is 1.56. The van der Waals surface area contributed by atoms with Crippen LogP contribution in [0.5, 0.6) is 0 Å². The van der Waals surface area contributed by atoms with Crippen molar-refractivity contribution in [2.45, 2.75) is 0 Å². The maximum Gasteiger partial charge on any atom is 0.329 e. The van der Waals surface area contributed by atoms with Crippen molar-refractivity contribution >= 4 is 61.2 Å². The molecule has 4 aromatic rings. The topological polar surface area (TPSA) is 70.6 Å². The van der Waals surface area contributed by atoms with Crippen molar-refractivity contribution < 1.29 is 14.0 Å². The summed E-state index contributed by atoms with van der Waals surface area (Å²) in [5, 5.41) is 10.2. The molecule has 0 atom stereocenters. The van der Waals surface area contributed by atoms with E-state index in [0.29, 0.717) is 4.47 Å². The lowest BCUT2D eigenvalue weighted by Crippen LogP contribution is -2.32. The van der Waals surface area contributed by atoms with Crippen molar-refractivity contribution in [1.29, 1.82) is 0 Å². The first-order valence-electron chi connectivity index (χ1n) is 9.03. The summed E-state index contributed by atoms with van der Waals surface area (Å²) >= 11 is 3.13. The Morgan fingerprint density at radius 3 is 2.13 bits per heavy atom. The van der Waals surface area contributed by atoms with Crippen molar-refractivity contribution in [3.63, 3.8) is 0 Å². The molecule has 0 aromatic heterocycles.